The summed E-state index contributed by atoms with van der Waals surface area (Å²) in [4.78, 5) is 22.7. The number of nitrogens with one attached hydrogen (secondary N) is 1. The van der Waals surface area contributed by atoms with Crippen LogP contribution in [-0.4, -0.2) is 30.0 Å². The number of hydrogen-bond donors (Lipinski definition) is 1. The molecule has 0 unspecified atom stereocenters. The van der Waals surface area contributed by atoms with E-state index in [0.717, 1.165) is 17.1 Å². The van der Waals surface area contributed by atoms with Gasteiger partial charge in [-0.2, -0.15) is 0 Å². The average molecular weight is 270 g/mol. The minimum absolute atomic E-state index is 0.233. The molecule has 0 radical (unpaired) electrons. The predicted molar refractivity (Wildman–Crippen MR) is 80.2 cm³/mol. The molecule has 1 amide bonds. The normalized spacial score (nSPS) is 10.2. The number of pyridine rings is 2. The van der Waals surface area contributed by atoms with Crippen molar-refractivity contribution in [1.82, 2.24) is 9.97 Å². The van der Waals surface area contributed by atoms with Crippen molar-refractivity contribution in [2.45, 2.75) is 13.8 Å². The van der Waals surface area contributed by atoms with Crippen LogP contribution < -0.4 is 10.2 Å². The van der Waals surface area contributed by atoms with Crippen molar-refractivity contribution < 1.29 is 4.79 Å². The molecule has 104 valence electrons. The lowest BCUT2D eigenvalue weighted by Crippen LogP contribution is -2.20. The molecule has 0 aromatic carbocycles. The largest absolute Gasteiger partial charge is 0.376 e. The highest BCUT2D eigenvalue weighted by molar-refractivity contribution is 6.06. The summed E-state index contributed by atoms with van der Waals surface area (Å²) in [7, 11) is 3.76. The summed E-state index contributed by atoms with van der Waals surface area (Å²) in [6.07, 6.45) is 1.61. The van der Waals surface area contributed by atoms with Crippen molar-refractivity contribution in [3.8, 4) is 0 Å². The van der Waals surface area contributed by atoms with E-state index in [4.69, 9.17) is 0 Å². The van der Waals surface area contributed by atoms with Crippen molar-refractivity contribution in [2.75, 3.05) is 24.3 Å². The molecule has 0 aliphatic carbocycles. The SMILES string of the molecule is Cc1ccc(NC(=O)c2ncccc2N(C)C)c(C)n1. The van der Waals surface area contributed by atoms with Gasteiger partial charge in [0.1, 0.15) is 0 Å². The van der Waals surface area contributed by atoms with Crippen molar-refractivity contribution in [3.63, 3.8) is 0 Å². The molecule has 5 heteroatoms. The second-order valence-electron chi connectivity index (χ2n) is 4.81. The highest BCUT2D eigenvalue weighted by Crippen LogP contribution is 2.18. The van der Waals surface area contributed by atoms with Gasteiger partial charge in [0, 0.05) is 26.0 Å². The second kappa shape index (κ2) is 5.69. The van der Waals surface area contributed by atoms with Crippen LogP contribution in [0.5, 0.6) is 0 Å². The lowest BCUT2D eigenvalue weighted by atomic mass is 10.2. The van der Waals surface area contributed by atoms with Crippen LogP contribution in [0.15, 0.2) is 30.5 Å². The first-order chi connectivity index (χ1) is 9.49. The van der Waals surface area contributed by atoms with Crippen molar-refractivity contribution in [3.05, 3.63) is 47.5 Å². The lowest BCUT2D eigenvalue weighted by Gasteiger charge is -2.16. The molecule has 2 rings (SSSR count). The fourth-order valence-corrected chi connectivity index (χ4v) is 1.93. The van der Waals surface area contributed by atoms with E-state index in [0.29, 0.717) is 11.4 Å². The van der Waals surface area contributed by atoms with Gasteiger partial charge in [0.25, 0.3) is 5.91 Å². The van der Waals surface area contributed by atoms with E-state index in [1.54, 1.807) is 6.20 Å². The van der Waals surface area contributed by atoms with Crippen LogP contribution in [0.25, 0.3) is 0 Å². The van der Waals surface area contributed by atoms with Gasteiger partial charge in [-0.25, -0.2) is 4.98 Å². The van der Waals surface area contributed by atoms with Gasteiger partial charge in [0.05, 0.1) is 17.1 Å². The molecule has 5 nitrogen and oxygen atoms in total. The minimum Gasteiger partial charge on any atom is -0.376 e. The average Bonchev–Trinajstić information content (AvgIpc) is 2.41. The molecule has 0 spiro atoms. The smallest absolute Gasteiger partial charge is 0.276 e. The zero-order chi connectivity index (χ0) is 14.7. The van der Waals surface area contributed by atoms with E-state index in [2.05, 4.69) is 15.3 Å². The Balaban J connectivity index is 2.29. The third-order valence-electron chi connectivity index (χ3n) is 2.96. The van der Waals surface area contributed by atoms with Crippen molar-refractivity contribution in [1.29, 1.82) is 0 Å². The first-order valence-electron chi connectivity index (χ1n) is 6.37. The summed E-state index contributed by atoms with van der Waals surface area (Å²) in [6, 6.07) is 7.40. The van der Waals surface area contributed by atoms with Crippen molar-refractivity contribution >= 4 is 17.3 Å². The molecule has 2 aromatic heterocycles. The van der Waals surface area contributed by atoms with E-state index in [1.807, 2.05) is 57.1 Å². The summed E-state index contributed by atoms with van der Waals surface area (Å²) >= 11 is 0. The van der Waals surface area contributed by atoms with Crippen LogP contribution in [0, 0.1) is 13.8 Å². The Morgan fingerprint density at radius 2 is 1.95 bits per heavy atom. The first-order valence-corrected chi connectivity index (χ1v) is 6.37. The van der Waals surface area contributed by atoms with Gasteiger partial charge in [-0.3, -0.25) is 9.78 Å². The van der Waals surface area contributed by atoms with Crippen LogP contribution >= 0.6 is 0 Å². The molecule has 0 saturated heterocycles. The maximum absolute atomic E-state index is 12.3. The molecule has 0 aliphatic rings. The molecule has 0 atom stereocenters. The maximum atomic E-state index is 12.3. The molecule has 0 bridgehead atoms. The minimum atomic E-state index is -0.233. The summed E-state index contributed by atoms with van der Waals surface area (Å²) in [5.74, 6) is -0.233. The van der Waals surface area contributed by atoms with Crippen LogP contribution in [-0.2, 0) is 0 Å². The molecule has 20 heavy (non-hydrogen) atoms. The number of carbonyl (C=O) groups is 1. The van der Waals surface area contributed by atoms with Gasteiger partial charge in [0.15, 0.2) is 5.69 Å². The number of amides is 1. The number of carbonyl (C=O) groups excluding carboxylic acids is 1. The van der Waals surface area contributed by atoms with Crippen LogP contribution in [0.3, 0.4) is 0 Å². The molecule has 2 heterocycles. The third kappa shape index (κ3) is 2.93. The van der Waals surface area contributed by atoms with Gasteiger partial charge >= 0.3 is 0 Å². The zero-order valence-electron chi connectivity index (χ0n) is 12.1. The van der Waals surface area contributed by atoms with Gasteiger partial charge in [-0.05, 0) is 38.1 Å². The van der Waals surface area contributed by atoms with Gasteiger partial charge in [-0.1, -0.05) is 0 Å². The second-order valence-corrected chi connectivity index (χ2v) is 4.81. The Labute approximate surface area is 118 Å². The maximum Gasteiger partial charge on any atom is 0.276 e. The van der Waals surface area contributed by atoms with Gasteiger partial charge in [0.2, 0.25) is 0 Å². The summed E-state index contributed by atoms with van der Waals surface area (Å²) < 4.78 is 0. The Bertz CT molecular complexity index is 638. The van der Waals surface area contributed by atoms with Crippen LogP contribution in [0.4, 0.5) is 11.4 Å². The molecular formula is C15H18N4O. The Hall–Kier alpha value is -2.43. The van der Waals surface area contributed by atoms with E-state index < -0.39 is 0 Å². The van der Waals surface area contributed by atoms with E-state index in [9.17, 15) is 4.79 Å². The molecule has 1 N–H and O–H groups in total. The van der Waals surface area contributed by atoms with Crippen LogP contribution in [0.2, 0.25) is 0 Å². The molecule has 0 aliphatic heterocycles. The topological polar surface area (TPSA) is 58.1 Å². The third-order valence-corrected chi connectivity index (χ3v) is 2.96. The number of anilines is 2. The standard InChI is InChI=1S/C15H18N4O/c1-10-7-8-12(11(2)17-10)18-15(20)14-13(19(3)4)6-5-9-16-14/h5-9H,1-4H3,(H,18,20). The fraction of sp³-hybridized carbons (Fsp3) is 0.267. The number of aromatic nitrogens is 2. The van der Waals surface area contributed by atoms with Crippen molar-refractivity contribution in [2.24, 2.45) is 0 Å². The molecule has 0 saturated carbocycles. The number of nitrogens with zero attached hydrogens (tertiary/aromatic N) is 3. The zero-order valence-corrected chi connectivity index (χ0v) is 12.1. The summed E-state index contributed by atoms with van der Waals surface area (Å²) in [5, 5.41) is 2.86. The molecule has 0 fully saturated rings. The summed E-state index contributed by atoms with van der Waals surface area (Å²) in [6.45, 7) is 3.79. The van der Waals surface area contributed by atoms with E-state index in [1.165, 1.54) is 0 Å². The fourth-order valence-electron chi connectivity index (χ4n) is 1.93. The highest BCUT2D eigenvalue weighted by Gasteiger charge is 2.15. The number of aryl methyl sites for hydroxylation is 2. The van der Waals surface area contributed by atoms with E-state index >= 15 is 0 Å². The van der Waals surface area contributed by atoms with E-state index in [-0.39, 0.29) is 5.91 Å². The Morgan fingerprint density at radius 3 is 2.60 bits per heavy atom. The van der Waals surface area contributed by atoms with Gasteiger partial charge in [-0.15, -0.1) is 0 Å². The molecular weight excluding hydrogens is 252 g/mol. The Kier molecular flexibility index (Phi) is 3.98. The first kappa shape index (κ1) is 14.0. The summed E-state index contributed by atoms with van der Waals surface area (Å²) in [5.41, 5.74) is 3.60. The van der Waals surface area contributed by atoms with Gasteiger partial charge < -0.3 is 10.2 Å². The number of rotatable bonds is 3. The Morgan fingerprint density at radius 1 is 1.20 bits per heavy atom. The highest BCUT2D eigenvalue weighted by atomic mass is 16.1. The predicted octanol–water partition coefficient (Wildman–Crippen LogP) is 2.41. The van der Waals surface area contributed by atoms with Crippen LogP contribution in [0.1, 0.15) is 21.9 Å². The lowest BCUT2D eigenvalue weighted by molar-refractivity contribution is 0.102. The molecule has 2 aromatic rings. The number of hydrogen-bond acceptors (Lipinski definition) is 4. The quantitative estimate of drug-likeness (QED) is 0.930. The monoisotopic (exact) mass is 270 g/mol.